The van der Waals surface area contributed by atoms with Gasteiger partial charge in [-0.1, -0.05) is 55.3 Å². The average Bonchev–Trinajstić information content (AvgIpc) is 2.60. The molecule has 0 aliphatic carbocycles. The molecule has 0 fully saturated rings. The highest BCUT2D eigenvalue weighted by atomic mass is 35.5. The predicted molar refractivity (Wildman–Crippen MR) is 94.0 cm³/mol. The molecule has 126 valence electrons. The van der Waals surface area contributed by atoms with Crippen LogP contribution in [0.4, 0.5) is 0 Å². The van der Waals surface area contributed by atoms with E-state index in [0.29, 0.717) is 10.6 Å². The van der Waals surface area contributed by atoms with Crippen molar-refractivity contribution < 1.29 is 14.3 Å². The number of nitrogens with one attached hydrogen (secondary N) is 1. The molecule has 24 heavy (non-hydrogen) atoms. The minimum Gasteiger partial charge on any atom is -0.452 e. The summed E-state index contributed by atoms with van der Waals surface area (Å²) in [6.07, 6.45) is 1.76. The summed E-state index contributed by atoms with van der Waals surface area (Å²) in [7, 11) is 0. The number of carbonyl (C=O) groups excluding carboxylic acids is 2. The third-order valence-corrected chi connectivity index (χ3v) is 3.78. The summed E-state index contributed by atoms with van der Waals surface area (Å²) in [4.78, 5) is 24.0. The lowest BCUT2D eigenvalue weighted by Crippen LogP contribution is -2.32. The van der Waals surface area contributed by atoms with Crippen LogP contribution in [0.2, 0.25) is 5.02 Å². The van der Waals surface area contributed by atoms with Gasteiger partial charge in [-0.2, -0.15) is 0 Å². The van der Waals surface area contributed by atoms with Gasteiger partial charge >= 0.3 is 5.97 Å². The van der Waals surface area contributed by atoms with E-state index in [-0.39, 0.29) is 18.6 Å². The maximum atomic E-state index is 12.1. The maximum Gasteiger partial charge on any atom is 0.338 e. The molecule has 2 aromatic carbocycles. The van der Waals surface area contributed by atoms with Crippen molar-refractivity contribution in [3.05, 3.63) is 70.7 Å². The number of halogens is 1. The van der Waals surface area contributed by atoms with Crippen molar-refractivity contribution in [2.45, 2.75) is 25.8 Å². The van der Waals surface area contributed by atoms with Gasteiger partial charge in [-0.05, 0) is 36.2 Å². The second kappa shape index (κ2) is 9.08. The number of carbonyl (C=O) groups is 2. The van der Waals surface area contributed by atoms with E-state index in [4.69, 9.17) is 16.3 Å². The molecule has 0 saturated carbocycles. The first kappa shape index (κ1) is 18.0. The number of amides is 1. The normalized spacial score (nSPS) is 11.6. The molecule has 0 aromatic heterocycles. The van der Waals surface area contributed by atoms with Crippen molar-refractivity contribution in [3.8, 4) is 0 Å². The van der Waals surface area contributed by atoms with Gasteiger partial charge in [0.05, 0.1) is 11.6 Å². The zero-order valence-corrected chi connectivity index (χ0v) is 14.3. The number of benzene rings is 2. The van der Waals surface area contributed by atoms with Crippen LogP contribution in [0.1, 0.15) is 41.7 Å². The van der Waals surface area contributed by atoms with Crippen LogP contribution in [0.3, 0.4) is 0 Å². The lowest BCUT2D eigenvalue weighted by molar-refractivity contribution is -0.125. The molecule has 2 aromatic rings. The van der Waals surface area contributed by atoms with Crippen molar-refractivity contribution in [1.29, 1.82) is 0 Å². The summed E-state index contributed by atoms with van der Waals surface area (Å²) < 4.78 is 5.05. The molecule has 0 bridgehead atoms. The number of ether oxygens (including phenoxy) is 1. The van der Waals surface area contributed by atoms with Gasteiger partial charge in [0, 0.05) is 5.02 Å². The molecule has 1 amide bonds. The van der Waals surface area contributed by atoms with Crippen LogP contribution in [0, 0.1) is 0 Å². The second-order valence-electron chi connectivity index (χ2n) is 5.40. The van der Waals surface area contributed by atoms with E-state index < -0.39 is 5.97 Å². The zero-order valence-electron chi connectivity index (χ0n) is 13.5. The van der Waals surface area contributed by atoms with E-state index in [2.05, 4.69) is 12.2 Å². The van der Waals surface area contributed by atoms with Crippen LogP contribution >= 0.6 is 11.6 Å². The smallest absolute Gasteiger partial charge is 0.338 e. The Morgan fingerprint density at radius 1 is 1.08 bits per heavy atom. The fourth-order valence-electron chi connectivity index (χ4n) is 2.33. The van der Waals surface area contributed by atoms with Crippen molar-refractivity contribution in [2.24, 2.45) is 0 Å². The van der Waals surface area contributed by atoms with Crippen molar-refractivity contribution in [3.63, 3.8) is 0 Å². The van der Waals surface area contributed by atoms with Crippen LogP contribution < -0.4 is 5.32 Å². The molecule has 0 saturated heterocycles. The second-order valence-corrected chi connectivity index (χ2v) is 5.84. The predicted octanol–water partition coefficient (Wildman–Crippen LogP) is 4.15. The van der Waals surface area contributed by atoms with Crippen LogP contribution in [-0.4, -0.2) is 18.5 Å². The molecule has 0 aliphatic rings. The molecule has 0 radical (unpaired) electrons. The van der Waals surface area contributed by atoms with E-state index in [9.17, 15) is 9.59 Å². The Morgan fingerprint density at radius 3 is 2.38 bits per heavy atom. The number of hydrogen-bond donors (Lipinski definition) is 1. The van der Waals surface area contributed by atoms with E-state index in [1.165, 1.54) is 0 Å². The fraction of sp³-hybridized carbons (Fsp3) is 0.263. The lowest BCUT2D eigenvalue weighted by Gasteiger charge is -2.18. The molecule has 0 spiro atoms. The number of hydrogen-bond acceptors (Lipinski definition) is 3. The number of rotatable bonds is 7. The Labute approximate surface area is 146 Å². The van der Waals surface area contributed by atoms with Gasteiger partial charge in [-0.3, -0.25) is 4.79 Å². The summed E-state index contributed by atoms with van der Waals surface area (Å²) in [5.74, 6) is -0.867. The fourth-order valence-corrected chi connectivity index (χ4v) is 2.46. The third-order valence-electron chi connectivity index (χ3n) is 3.53. The maximum absolute atomic E-state index is 12.1. The highest BCUT2D eigenvalue weighted by Crippen LogP contribution is 2.18. The van der Waals surface area contributed by atoms with Gasteiger partial charge in [0.25, 0.3) is 5.91 Å². The van der Waals surface area contributed by atoms with Crippen LogP contribution in [0.5, 0.6) is 0 Å². The molecule has 2 rings (SSSR count). The monoisotopic (exact) mass is 345 g/mol. The third kappa shape index (κ3) is 5.39. The van der Waals surface area contributed by atoms with Gasteiger partial charge < -0.3 is 10.1 Å². The minimum atomic E-state index is -0.548. The van der Waals surface area contributed by atoms with E-state index in [1.807, 2.05) is 30.3 Å². The summed E-state index contributed by atoms with van der Waals surface area (Å²) in [5, 5.41) is 3.45. The highest BCUT2D eigenvalue weighted by molar-refractivity contribution is 6.30. The van der Waals surface area contributed by atoms with Gasteiger partial charge in [-0.25, -0.2) is 4.79 Å². The van der Waals surface area contributed by atoms with E-state index >= 15 is 0 Å². The summed E-state index contributed by atoms with van der Waals surface area (Å²) in [6.45, 7) is 1.75. The number of esters is 1. The average molecular weight is 346 g/mol. The van der Waals surface area contributed by atoms with E-state index in [1.54, 1.807) is 24.3 Å². The van der Waals surface area contributed by atoms with Gasteiger partial charge in [0.1, 0.15) is 0 Å². The summed E-state index contributed by atoms with van der Waals surface area (Å²) in [5.41, 5.74) is 1.40. The topological polar surface area (TPSA) is 55.4 Å². The van der Waals surface area contributed by atoms with Crippen molar-refractivity contribution >= 4 is 23.5 Å². The SMILES string of the molecule is CCCC(NC(=O)COC(=O)c1ccc(Cl)cc1)c1ccccc1. The Bertz CT molecular complexity index is 671. The van der Waals surface area contributed by atoms with Crippen LogP contribution in [0.25, 0.3) is 0 Å². The Morgan fingerprint density at radius 2 is 1.75 bits per heavy atom. The molecule has 0 heterocycles. The minimum absolute atomic E-state index is 0.0852. The largest absolute Gasteiger partial charge is 0.452 e. The first-order chi connectivity index (χ1) is 11.6. The highest BCUT2D eigenvalue weighted by Gasteiger charge is 2.15. The molecule has 1 atom stereocenters. The van der Waals surface area contributed by atoms with Crippen LogP contribution in [0.15, 0.2) is 54.6 Å². The Balaban J connectivity index is 1.89. The van der Waals surface area contributed by atoms with Crippen molar-refractivity contribution in [1.82, 2.24) is 5.32 Å². The molecule has 0 aliphatic heterocycles. The first-order valence-electron chi connectivity index (χ1n) is 7.87. The lowest BCUT2D eigenvalue weighted by atomic mass is 10.0. The molecule has 5 heteroatoms. The molecule has 1 N–H and O–H groups in total. The molecule has 4 nitrogen and oxygen atoms in total. The summed E-state index contributed by atoms with van der Waals surface area (Å²) >= 11 is 5.77. The Hall–Kier alpha value is -2.33. The van der Waals surface area contributed by atoms with Gasteiger partial charge in [-0.15, -0.1) is 0 Å². The van der Waals surface area contributed by atoms with Crippen LogP contribution in [-0.2, 0) is 9.53 Å². The van der Waals surface area contributed by atoms with Crippen molar-refractivity contribution in [2.75, 3.05) is 6.61 Å². The Kier molecular flexibility index (Phi) is 6.82. The quantitative estimate of drug-likeness (QED) is 0.767. The zero-order chi connectivity index (χ0) is 17.4. The van der Waals surface area contributed by atoms with E-state index in [0.717, 1.165) is 18.4 Å². The molecular weight excluding hydrogens is 326 g/mol. The summed E-state index contributed by atoms with van der Waals surface area (Å²) in [6, 6.07) is 16.0. The van der Waals surface area contributed by atoms with Gasteiger partial charge in [0.2, 0.25) is 0 Å². The molecular formula is C19H20ClNO3. The van der Waals surface area contributed by atoms with Gasteiger partial charge in [0.15, 0.2) is 6.61 Å². The molecule has 1 unspecified atom stereocenters. The standard InChI is InChI=1S/C19H20ClNO3/c1-2-6-17(14-7-4-3-5-8-14)21-18(22)13-24-19(23)15-9-11-16(20)12-10-15/h3-5,7-12,17H,2,6,13H2,1H3,(H,21,22). The first-order valence-corrected chi connectivity index (χ1v) is 8.25.